The Morgan fingerprint density at radius 3 is 2.85 bits per heavy atom. The molecule has 0 saturated carbocycles. The molecular formula is C14H16Cl2FN3. The van der Waals surface area contributed by atoms with E-state index in [9.17, 15) is 4.39 Å². The maximum absolute atomic E-state index is 13.6. The summed E-state index contributed by atoms with van der Waals surface area (Å²) >= 11 is 12.2. The molecule has 0 bridgehead atoms. The maximum atomic E-state index is 13.6. The summed E-state index contributed by atoms with van der Waals surface area (Å²) in [6.07, 6.45) is 1.97. The second-order valence-corrected chi connectivity index (χ2v) is 5.20. The average Bonchev–Trinajstić information content (AvgIpc) is 2.47. The van der Waals surface area contributed by atoms with Crippen molar-refractivity contribution in [2.75, 3.05) is 20.1 Å². The van der Waals surface area contributed by atoms with Crippen molar-refractivity contribution in [3.8, 4) is 0 Å². The van der Waals surface area contributed by atoms with E-state index in [2.05, 4.69) is 15.2 Å². The zero-order valence-electron chi connectivity index (χ0n) is 11.4. The van der Waals surface area contributed by atoms with Crippen LogP contribution >= 0.6 is 23.2 Å². The summed E-state index contributed by atoms with van der Waals surface area (Å²) in [5.41, 5.74) is 1.57. The molecular weight excluding hydrogens is 300 g/mol. The fraction of sp³-hybridized carbons (Fsp3) is 0.357. The van der Waals surface area contributed by atoms with Crippen molar-refractivity contribution >= 4 is 29.0 Å². The van der Waals surface area contributed by atoms with Crippen LogP contribution in [-0.2, 0) is 6.54 Å². The zero-order valence-corrected chi connectivity index (χ0v) is 12.9. The molecule has 0 atom stereocenters. The topological polar surface area (TPSA) is 27.6 Å². The van der Waals surface area contributed by atoms with E-state index in [1.165, 1.54) is 12.1 Å². The normalized spacial score (nSPS) is 19.6. The SMILES string of the molecule is C/C=C1\C(=NC)NCCN1Cc1c(Cl)ccc(F)c1Cl. The van der Waals surface area contributed by atoms with E-state index in [1.54, 1.807) is 7.05 Å². The largest absolute Gasteiger partial charge is 0.367 e. The van der Waals surface area contributed by atoms with Crippen LogP contribution in [0.25, 0.3) is 0 Å². The van der Waals surface area contributed by atoms with Crippen LogP contribution in [0.15, 0.2) is 28.9 Å². The second kappa shape index (κ2) is 6.46. The Morgan fingerprint density at radius 1 is 1.45 bits per heavy atom. The van der Waals surface area contributed by atoms with Crippen molar-refractivity contribution in [3.05, 3.63) is 45.3 Å². The molecule has 1 heterocycles. The number of halogens is 3. The molecule has 1 saturated heterocycles. The number of allylic oxidation sites excluding steroid dienone is 1. The molecule has 20 heavy (non-hydrogen) atoms. The van der Waals surface area contributed by atoms with Crippen LogP contribution in [0.5, 0.6) is 0 Å². The van der Waals surface area contributed by atoms with Crippen LogP contribution in [0.2, 0.25) is 10.0 Å². The fourth-order valence-corrected chi connectivity index (χ4v) is 2.74. The minimum atomic E-state index is -0.451. The quantitative estimate of drug-likeness (QED) is 0.846. The van der Waals surface area contributed by atoms with E-state index >= 15 is 0 Å². The van der Waals surface area contributed by atoms with Gasteiger partial charge < -0.3 is 10.2 Å². The standard InChI is InChI=1S/C14H16Cl2FN3/c1-3-12-14(18-2)19-6-7-20(12)8-9-10(15)4-5-11(17)13(9)16/h3-5H,6-8H2,1-2H3,(H,18,19)/b12-3+. The number of hydrogen-bond acceptors (Lipinski definition) is 2. The highest BCUT2D eigenvalue weighted by molar-refractivity contribution is 6.36. The molecule has 1 aliphatic rings. The first-order chi connectivity index (χ1) is 9.58. The van der Waals surface area contributed by atoms with Gasteiger partial charge in [-0.15, -0.1) is 0 Å². The highest BCUT2D eigenvalue weighted by Gasteiger charge is 2.22. The molecule has 0 aromatic heterocycles. The lowest BCUT2D eigenvalue weighted by molar-refractivity contribution is 0.338. The third-order valence-electron chi connectivity index (χ3n) is 3.24. The summed E-state index contributed by atoms with van der Waals surface area (Å²) in [5, 5.41) is 3.78. The Bertz CT molecular complexity index is 570. The van der Waals surface area contributed by atoms with Gasteiger partial charge in [0.15, 0.2) is 0 Å². The minimum absolute atomic E-state index is 0.0847. The lowest BCUT2D eigenvalue weighted by Gasteiger charge is -2.33. The van der Waals surface area contributed by atoms with Crippen LogP contribution in [-0.4, -0.2) is 30.9 Å². The van der Waals surface area contributed by atoms with Crippen LogP contribution in [0, 0.1) is 5.82 Å². The predicted molar refractivity (Wildman–Crippen MR) is 81.9 cm³/mol. The number of aliphatic imine (C=N–C) groups is 1. The third kappa shape index (κ3) is 2.91. The van der Waals surface area contributed by atoms with E-state index in [0.717, 1.165) is 24.6 Å². The van der Waals surface area contributed by atoms with Crippen molar-refractivity contribution in [1.29, 1.82) is 0 Å². The summed E-state index contributed by atoms with van der Waals surface area (Å²) in [4.78, 5) is 6.30. The molecule has 1 aromatic rings. The summed E-state index contributed by atoms with van der Waals surface area (Å²) in [7, 11) is 1.73. The van der Waals surface area contributed by atoms with Crippen molar-refractivity contribution in [2.45, 2.75) is 13.5 Å². The van der Waals surface area contributed by atoms with Gasteiger partial charge in [-0.05, 0) is 19.1 Å². The number of piperazine rings is 1. The summed E-state index contributed by atoms with van der Waals surface area (Å²) < 4.78 is 13.6. The molecule has 1 N–H and O–H groups in total. The van der Waals surface area contributed by atoms with Gasteiger partial charge in [-0.2, -0.15) is 0 Å². The molecule has 0 spiro atoms. The molecule has 0 unspecified atom stereocenters. The van der Waals surface area contributed by atoms with E-state index in [4.69, 9.17) is 23.2 Å². The summed E-state index contributed by atoms with van der Waals surface area (Å²) in [6.45, 7) is 3.95. The molecule has 2 rings (SSSR count). The molecule has 1 aliphatic heterocycles. The van der Waals surface area contributed by atoms with Gasteiger partial charge in [0.1, 0.15) is 11.7 Å². The van der Waals surface area contributed by atoms with Crippen molar-refractivity contribution in [3.63, 3.8) is 0 Å². The van der Waals surface area contributed by atoms with Crippen molar-refractivity contribution in [2.24, 2.45) is 4.99 Å². The number of nitrogens with zero attached hydrogens (tertiary/aromatic N) is 2. The first-order valence-corrected chi connectivity index (χ1v) is 7.08. The lowest BCUT2D eigenvalue weighted by Crippen LogP contribution is -2.45. The molecule has 6 heteroatoms. The highest BCUT2D eigenvalue weighted by Crippen LogP contribution is 2.29. The number of hydrogen-bond donors (Lipinski definition) is 1. The summed E-state index contributed by atoms with van der Waals surface area (Å²) in [6, 6.07) is 2.81. The Hall–Kier alpha value is -1.26. The Labute approximate surface area is 128 Å². The number of nitrogens with one attached hydrogen (secondary N) is 1. The van der Waals surface area contributed by atoms with Gasteiger partial charge in [-0.1, -0.05) is 29.3 Å². The van der Waals surface area contributed by atoms with Crippen molar-refractivity contribution in [1.82, 2.24) is 10.2 Å². The van der Waals surface area contributed by atoms with E-state index < -0.39 is 5.82 Å². The van der Waals surface area contributed by atoms with E-state index in [-0.39, 0.29) is 5.02 Å². The Balaban J connectivity index is 2.32. The predicted octanol–water partition coefficient (Wildman–Crippen LogP) is 3.47. The second-order valence-electron chi connectivity index (χ2n) is 4.42. The van der Waals surface area contributed by atoms with Gasteiger partial charge in [-0.3, -0.25) is 4.99 Å². The zero-order chi connectivity index (χ0) is 14.7. The van der Waals surface area contributed by atoms with Gasteiger partial charge in [0.2, 0.25) is 0 Å². The average molecular weight is 316 g/mol. The van der Waals surface area contributed by atoms with Crippen LogP contribution < -0.4 is 5.32 Å². The lowest BCUT2D eigenvalue weighted by atomic mass is 10.1. The molecule has 3 nitrogen and oxygen atoms in total. The Kier molecular flexibility index (Phi) is 4.89. The first-order valence-electron chi connectivity index (χ1n) is 6.33. The number of rotatable bonds is 2. The number of benzene rings is 1. The molecule has 1 aromatic carbocycles. The van der Waals surface area contributed by atoms with Gasteiger partial charge in [0.05, 0.1) is 10.7 Å². The van der Waals surface area contributed by atoms with Gasteiger partial charge in [-0.25, -0.2) is 4.39 Å². The van der Waals surface area contributed by atoms with Gasteiger partial charge >= 0.3 is 0 Å². The van der Waals surface area contributed by atoms with Crippen LogP contribution in [0.4, 0.5) is 4.39 Å². The molecule has 1 fully saturated rings. The Morgan fingerprint density at radius 2 is 2.20 bits per heavy atom. The minimum Gasteiger partial charge on any atom is -0.367 e. The van der Waals surface area contributed by atoms with E-state index in [0.29, 0.717) is 17.1 Å². The number of amidine groups is 1. The first kappa shape index (κ1) is 15.1. The molecule has 0 radical (unpaired) electrons. The van der Waals surface area contributed by atoms with Gasteiger partial charge in [0.25, 0.3) is 0 Å². The van der Waals surface area contributed by atoms with Crippen LogP contribution in [0.1, 0.15) is 12.5 Å². The fourth-order valence-electron chi connectivity index (χ4n) is 2.25. The molecule has 108 valence electrons. The smallest absolute Gasteiger partial charge is 0.144 e. The maximum Gasteiger partial charge on any atom is 0.144 e. The van der Waals surface area contributed by atoms with Gasteiger partial charge in [0, 0.05) is 37.3 Å². The monoisotopic (exact) mass is 315 g/mol. The van der Waals surface area contributed by atoms with Crippen LogP contribution in [0.3, 0.4) is 0 Å². The third-order valence-corrected chi connectivity index (χ3v) is 4.01. The van der Waals surface area contributed by atoms with Crippen molar-refractivity contribution < 1.29 is 4.39 Å². The highest BCUT2D eigenvalue weighted by atomic mass is 35.5. The molecule has 0 amide bonds. The summed E-state index contributed by atoms with van der Waals surface area (Å²) in [5.74, 6) is 0.370. The molecule has 0 aliphatic carbocycles. The van der Waals surface area contributed by atoms with E-state index in [1.807, 2.05) is 13.0 Å².